The van der Waals surface area contributed by atoms with Crippen LogP contribution in [0.1, 0.15) is 24.9 Å². The van der Waals surface area contributed by atoms with Crippen molar-refractivity contribution in [1.82, 2.24) is 20.1 Å². The Morgan fingerprint density at radius 1 is 1.44 bits per heavy atom. The third kappa shape index (κ3) is 2.79. The summed E-state index contributed by atoms with van der Waals surface area (Å²) in [6, 6.07) is 2.03. The van der Waals surface area contributed by atoms with Crippen molar-refractivity contribution in [3.8, 4) is 11.5 Å². The summed E-state index contributed by atoms with van der Waals surface area (Å²) in [7, 11) is 1.95. The van der Waals surface area contributed by atoms with E-state index in [1.165, 1.54) is 0 Å². The molecular weight excluding hydrogens is 228 g/mol. The van der Waals surface area contributed by atoms with Gasteiger partial charge in [0.15, 0.2) is 11.7 Å². The lowest BCUT2D eigenvalue weighted by molar-refractivity contribution is 0.489. The number of aromatic nitrogens is 3. The van der Waals surface area contributed by atoms with Crippen LogP contribution in [-0.2, 0) is 13.0 Å². The average Bonchev–Trinajstić information content (AvgIpc) is 2.95. The molecule has 0 bridgehead atoms. The highest BCUT2D eigenvalue weighted by molar-refractivity contribution is 5.51. The molecule has 0 atom stereocenters. The number of hydrogen-bond acceptors (Lipinski definition) is 4. The quantitative estimate of drug-likeness (QED) is 0.795. The van der Waals surface area contributed by atoms with Crippen molar-refractivity contribution < 1.29 is 4.42 Å². The van der Waals surface area contributed by atoms with Crippen molar-refractivity contribution in [2.45, 2.75) is 33.2 Å². The van der Waals surface area contributed by atoms with Gasteiger partial charge in [-0.15, -0.1) is 0 Å². The van der Waals surface area contributed by atoms with E-state index in [1.54, 1.807) is 6.20 Å². The van der Waals surface area contributed by atoms with Crippen LogP contribution in [0, 0.1) is 6.92 Å². The lowest BCUT2D eigenvalue weighted by Gasteiger charge is -2.00. The second-order valence-corrected chi connectivity index (χ2v) is 4.31. The van der Waals surface area contributed by atoms with Crippen molar-refractivity contribution >= 4 is 0 Å². The predicted octanol–water partition coefficient (Wildman–Crippen LogP) is 2.02. The molecule has 2 aromatic heterocycles. The van der Waals surface area contributed by atoms with Crippen molar-refractivity contribution in [1.29, 1.82) is 0 Å². The molecular formula is C13H20N4O. The third-order valence-corrected chi connectivity index (χ3v) is 2.83. The minimum atomic E-state index is 0.793. The number of hydrogen-bond donors (Lipinski definition) is 1. The van der Waals surface area contributed by atoms with Crippen LogP contribution in [-0.4, -0.2) is 28.4 Å². The Balaban J connectivity index is 2.13. The zero-order chi connectivity index (χ0) is 13.0. The molecule has 0 amide bonds. The Bertz CT molecular complexity index is 501. The monoisotopic (exact) mass is 248 g/mol. The molecule has 0 aliphatic heterocycles. The van der Waals surface area contributed by atoms with Crippen LogP contribution in [0.2, 0.25) is 0 Å². The Labute approximate surface area is 107 Å². The highest BCUT2D eigenvalue weighted by Gasteiger charge is 2.12. The summed E-state index contributed by atoms with van der Waals surface area (Å²) in [5.74, 6) is 1.60. The van der Waals surface area contributed by atoms with Gasteiger partial charge in [0, 0.05) is 13.0 Å². The van der Waals surface area contributed by atoms with Crippen LogP contribution in [0.3, 0.4) is 0 Å². The Kier molecular flexibility index (Phi) is 4.15. The topological polar surface area (TPSA) is 55.9 Å². The lowest BCUT2D eigenvalue weighted by Crippen LogP contribution is -2.08. The van der Waals surface area contributed by atoms with E-state index in [0.29, 0.717) is 0 Å². The number of nitrogens with one attached hydrogen (secondary N) is 1. The molecule has 98 valence electrons. The number of oxazole rings is 1. The number of nitrogens with zero attached hydrogens (tertiary/aromatic N) is 3. The maximum Gasteiger partial charge on any atom is 0.195 e. The van der Waals surface area contributed by atoms with Gasteiger partial charge in [0.1, 0.15) is 5.69 Å². The van der Waals surface area contributed by atoms with Crippen LogP contribution in [0.15, 0.2) is 16.7 Å². The molecule has 0 fully saturated rings. The molecule has 1 N–H and O–H groups in total. The summed E-state index contributed by atoms with van der Waals surface area (Å²) in [5.41, 5.74) is 2.00. The summed E-state index contributed by atoms with van der Waals surface area (Å²) in [6.07, 6.45) is 3.68. The molecule has 5 nitrogen and oxygen atoms in total. The molecule has 18 heavy (non-hydrogen) atoms. The predicted molar refractivity (Wildman–Crippen MR) is 70.4 cm³/mol. The largest absolute Gasteiger partial charge is 0.439 e. The van der Waals surface area contributed by atoms with Crippen LogP contribution in [0.5, 0.6) is 0 Å². The first-order valence-corrected chi connectivity index (χ1v) is 6.38. The summed E-state index contributed by atoms with van der Waals surface area (Å²) in [6.45, 7) is 5.86. The highest BCUT2D eigenvalue weighted by Crippen LogP contribution is 2.21. The lowest BCUT2D eigenvalue weighted by atomic mass is 10.3. The number of rotatable bonds is 6. The molecule has 0 aliphatic carbocycles. The first kappa shape index (κ1) is 12.8. The second-order valence-electron chi connectivity index (χ2n) is 4.31. The van der Waals surface area contributed by atoms with Gasteiger partial charge in [0.2, 0.25) is 0 Å². The van der Waals surface area contributed by atoms with Crippen molar-refractivity contribution in [3.63, 3.8) is 0 Å². The van der Waals surface area contributed by atoms with E-state index in [0.717, 1.165) is 49.0 Å². The first-order valence-electron chi connectivity index (χ1n) is 6.38. The van der Waals surface area contributed by atoms with Gasteiger partial charge in [0.05, 0.1) is 11.9 Å². The zero-order valence-electron chi connectivity index (χ0n) is 11.2. The van der Waals surface area contributed by atoms with Crippen LogP contribution in [0.25, 0.3) is 11.5 Å². The third-order valence-electron chi connectivity index (χ3n) is 2.83. The van der Waals surface area contributed by atoms with E-state index >= 15 is 0 Å². The van der Waals surface area contributed by atoms with Gasteiger partial charge >= 0.3 is 0 Å². The summed E-state index contributed by atoms with van der Waals surface area (Å²) >= 11 is 0. The summed E-state index contributed by atoms with van der Waals surface area (Å²) in [5, 5.41) is 7.52. The van der Waals surface area contributed by atoms with Crippen molar-refractivity contribution in [2.24, 2.45) is 0 Å². The summed E-state index contributed by atoms with van der Waals surface area (Å²) in [4.78, 5) is 4.31. The van der Waals surface area contributed by atoms with E-state index in [2.05, 4.69) is 22.3 Å². The Morgan fingerprint density at radius 2 is 2.28 bits per heavy atom. The van der Waals surface area contributed by atoms with Gasteiger partial charge in [-0.3, -0.25) is 4.68 Å². The normalized spacial score (nSPS) is 11.1. The highest BCUT2D eigenvalue weighted by atomic mass is 16.4. The van der Waals surface area contributed by atoms with Crippen LogP contribution >= 0.6 is 0 Å². The molecule has 2 heterocycles. The number of aryl methyl sites for hydroxylation is 3. The molecule has 0 radical (unpaired) electrons. The Morgan fingerprint density at radius 3 is 3.00 bits per heavy atom. The molecule has 0 spiro atoms. The van der Waals surface area contributed by atoms with Gasteiger partial charge < -0.3 is 9.73 Å². The molecule has 0 saturated heterocycles. The minimum absolute atomic E-state index is 0.793. The fraction of sp³-hybridized carbons (Fsp3) is 0.538. The van der Waals surface area contributed by atoms with E-state index in [1.807, 2.05) is 24.7 Å². The van der Waals surface area contributed by atoms with Gasteiger partial charge in [-0.2, -0.15) is 5.10 Å². The van der Waals surface area contributed by atoms with Gasteiger partial charge in [0.25, 0.3) is 0 Å². The van der Waals surface area contributed by atoms with Gasteiger partial charge in [-0.05, 0) is 39.9 Å². The van der Waals surface area contributed by atoms with E-state index in [4.69, 9.17) is 4.42 Å². The smallest absolute Gasteiger partial charge is 0.195 e. The van der Waals surface area contributed by atoms with Gasteiger partial charge in [-0.25, -0.2) is 4.98 Å². The standard InChI is InChI=1S/C13H20N4O/c1-4-17-11(8-10(2)16-17)12-9-15-13(18-12)6-5-7-14-3/h8-9,14H,4-7H2,1-3H3. The first-order chi connectivity index (χ1) is 8.74. The minimum Gasteiger partial charge on any atom is -0.439 e. The summed E-state index contributed by atoms with van der Waals surface area (Å²) < 4.78 is 7.71. The molecule has 0 aliphatic rings. The average molecular weight is 248 g/mol. The van der Waals surface area contributed by atoms with E-state index in [9.17, 15) is 0 Å². The SMILES string of the molecule is CCn1nc(C)cc1-c1cnc(CCCNC)o1. The molecule has 0 saturated carbocycles. The Hall–Kier alpha value is -1.62. The zero-order valence-corrected chi connectivity index (χ0v) is 11.2. The fourth-order valence-corrected chi connectivity index (χ4v) is 1.95. The second kappa shape index (κ2) is 5.82. The van der Waals surface area contributed by atoms with E-state index in [-0.39, 0.29) is 0 Å². The molecule has 2 rings (SSSR count). The molecule has 5 heteroatoms. The molecule has 2 aromatic rings. The van der Waals surface area contributed by atoms with Crippen LogP contribution < -0.4 is 5.32 Å². The maximum atomic E-state index is 5.77. The fourth-order valence-electron chi connectivity index (χ4n) is 1.95. The maximum absolute atomic E-state index is 5.77. The molecule has 0 aromatic carbocycles. The van der Waals surface area contributed by atoms with E-state index < -0.39 is 0 Å². The van der Waals surface area contributed by atoms with Crippen molar-refractivity contribution in [2.75, 3.05) is 13.6 Å². The molecule has 0 unspecified atom stereocenters. The van der Waals surface area contributed by atoms with Crippen LogP contribution in [0.4, 0.5) is 0 Å². The van der Waals surface area contributed by atoms with Gasteiger partial charge in [-0.1, -0.05) is 0 Å². The van der Waals surface area contributed by atoms with Crippen molar-refractivity contribution in [3.05, 3.63) is 23.8 Å².